The molecule has 90 valence electrons. The first-order valence-electron chi connectivity index (χ1n) is 5.84. The van der Waals surface area contributed by atoms with Crippen LogP contribution in [0.2, 0.25) is 5.02 Å². The molecular formula is C13H16ClN3. The van der Waals surface area contributed by atoms with Crippen LogP contribution in [0.4, 0.5) is 5.69 Å². The molecule has 0 aliphatic heterocycles. The van der Waals surface area contributed by atoms with Crippen molar-refractivity contribution >= 4 is 17.3 Å². The first-order chi connectivity index (χ1) is 8.20. The van der Waals surface area contributed by atoms with Crippen molar-refractivity contribution in [2.75, 3.05) is 25.5 Å². The van der Waals surface area contributed by atoms with Crippen LogP contribution in [-0.2, 0) is 0 Å². The molecule has 0 spiro atoms. The molecule has 0 aromatic heterocycles. The monoisotopic (exact) mass is 249 g/mol. The van der Waals surface area contributed by atoms with Gasteiger partial charge in [-0.1, -0.05) is 11.6 Å². The van der Waals surface area contributed by atoms with Gasteiger partial charge < -0.3 is 10.2 Å². The van der Waals surface area contributed by atoms with Crippen LogP contribution in [-0.4, -0.2) is 31.1 Å². The predicted molar refractivity (Wildman–Crippen MR) is 70.3 cm³/mol. The van der Waals surface area contributed by atoms with Crippen LogP contribution >= 0.6 is 11.6 Å². The summed E-state index contributed by atoms with van der Waals surface area (Å²) in [5.74, 6) is 0. The summed E-state index contributed by atoms with van der Waals surface area (Å²) < 4.78 is 0. The van der Waals surface area contributed by atoms with Crippen molar-refractivity contribution in [1.82, 2.24) is 4.90 Å². The summed E-state index contributed by atoms with van der Waals surface area (Å²) in [7, 11) is 2.16. The van der Waals surface area contributed by atoms with Gasteiger partial charge in [-0.3, -0.25) is 0 Å². The van der Waals surface area contributed by atoms with Crippen molar-refractivity contribution in [3.05, 3.63) is 28.8 Å². The van der Waals surface area contributed by atoms with Gasteiger partial charge in [0.25, 0.3) is 0 Å². The third-order valence-corrected chi connectivity index (χ3v) is 3.37. The van der Waals surface area contributed by atoms with Crippen LogP contribution in [0.15, 0.2) is 18.2 Å². The van der Waals surface area contributed by atoms with Crippen molar-refractivity contribution in [3.63, 3.8) is 0 Å². The minimum atomic E-state index is 0.507. The summed E-state index contributed by atoms with van der Waals surface area (Å²) in [5, 5.41) is 12.6. The van der Waals surface area contributed by atoms with E-state index < -0.39 is 0 Å². The van der Waals surface area contributed by atoms with E-state index in [4.69, 9.17) is 16.9 Å². The number of benzene rings is 1. The van der Waals surface area contributed by atoms with E-state index in [1.54, 1.807) is 12.1 Å². The predicted octanol–water partition coefficient (Wildman–Crippen LogP) is 2.72. The van der Waals surface area contributed by atoms with Crippen LogP contribution in [0, 0.1) is 11.3 Å². The van der Waals surface area contributed by atoms with Crippen LogP contribution in [0.3, 0.4) is 0 Å². The van der Waals surface area contributed by atoms with E-state index in [0.29, 0.717) is 10.6 Å². The van der Waals surface area contributed by atoms with Crippen molar-refractivity contribution in [2.24, 2.45) is 0 Å². The number of hydrogen-bond acceptors (Lipinski definition) is 3. The van der Waals surface area contributed by atoms with Crippen LogP contribution in [0.5, 0.6) is 0 Å². The summed E-state index contributed by atoms with van der Waals surface area (Å²) in [6.07, 6.45) is 2.67. The highest BCUT2D eigenvalue weighted by molar-refractivity contribution is 6.32. The molecule has 0 heterocycles. The Morgan fingerprint density at radius 2 is 2.29 bits per heavy atom. The molecule has 1 saturated carbocycles. The van der Waals surface area contributed by atoms with Crippen molar-refractivity contribution in [1.29, 1.82) is 5.26 Å². The molecule has 1 aromatic rings. The average Bonchev–Trinajstić information content (AvgIpc) is 3.13. The molecule has 0 radical (unpaired) electrons. The molecule has 4 heteroatoms. The average molecular weight is 250 g/mol. The second-order valence-electron chi connectivity index (χ2n) is 4.44. The zero-order valence-corrected chi connectivity index (χ0v) is 10.7. The molecule has 0 saturated heterocycles. The van der Waals surface area contributed by atoms with E-state index in [1.807, 2.05) is 6.07 Å². The number of hydrogen-bond donors (Lipinski definition) is 1. The fourth-order valence-corrected chi connectivity index (χ4v) is 2.01. The highest BCUT2D eigenvalue weighted by Gasteiger charge is 2.25. The van der Waals surface area contributed by atoms with Crippen LogP contribution in [0.25, 0.3) is 0 Å². The van der Waals surface area contributed by atoms with Crippen molar-refractivity contribution < 1.29 is 0 Å². The normalized spacial score (nSPS) is 14.7. The molecule has 1 aliphatic rings. The number of halogens is 1. The molecule has 3 nitrogen and oxygen atoms in total. The maximum Gasteiger partial charge on any atom is 0.101 e. The third-order valence-electron chi connectivity index (χ3n) is 3.05. The van der Waals surface area contributed by atoms with Crippen LogP contribution < -0.4 is 5.32 Å². The number of likely N-dealkylation sites (N-methyl/N-ethyl adjacent to an activating group) is 1. The molecule has 0 bridgehead atoms. The fourth-order valence-electron chi connectivity index (χ4n) is 1.79. The maximum atomic E-state index is 8.76. The van der Waals surface area contributed by atoms with Gasteiger partial charge in [-0.05, 0) is 38.1 Å². The summed E-state index contributed by atoms with van der Waals surface area (Å²) in [5.41, 5.74) is 1.49. The fraction of sp³-hybridized carbons (Fsp3) is 0.462. The molecule has 1 aliphatic carbocycles. The molecule has 1 N–H and O–H groups in total. The zero-order valence-electron chi connectivity index (χ0n) is 9.91. The number of nitriles is 1. The summed E-state index contributed by atoms with van der Waals surface area (Å²) >= 11 is 5.96. The van der Waals surface area contributed by atoms with E-state index >= 15 is 0 Å². The van der Waals surface area contributed by atoms with Gasteiger partial charge in [-0.15, -0.1) is 0 Å². The molecule has 1 fully saturated rings. The van der Waals surface area contributed by atoms with Crippen molar-refractivity contribution in [3.8, 4) is 6.07 Å². The van der Waals surface area contributed by atoms with Gasteiger partial charge in [0.1, 0.15) is 6.07 Å². The lowest BCUT2D eigenvalue weighted by atomic mass is 10.2. The molecule has 0 atom stereocenters. The maximum absolute atomic E-state index is 8.76. The lowest BCUT2D eigenvalue weighted by Gasteiger charge is -2.16. The minimum absolute atomic E-state index is 0.507. The summed E-state index contributed by atoms with van der Waals surface area (Å²) in [6.45, 7) is 1.93. The number of rotatable bonds is 5. The standard InChI is InChI=1S/C13H16ClN3/c1-17(12-4-5-12)7-6-16-11-3-2-10(9-15)13(14)8-11/h2-3,8,12,16H,4-7H2,1H3. The Balaban J connectivity index is 1.82. The molecule has 2 rings (SSSR count). The number of nitrogens with one attached hydrogen (secondary N) is 1. The first kappa shape index (κ1) is 12.2. The van der Waals surface area contributed by atoms with Gasteiger partial charge in [0.15, 0.2) is 0 Å². The second kappa shape index (κ2) is 5.39. The molecule has 1 aromatic carbocycles. The highest BCUT2D eigenvalue weighted by atomic mass is 35.5. The number of nitrogens with zero attached hydrogens (tertiary/aromatic N) is 2. The minimum Gasteiger partial charge on any atom is -0.384 e. The summed E-state index contributed by atoms with van der Waals surface area (Å²) in [4.78, 5) is 2.37. The molecule has 0 amide bonds. The van der Waals surface area contributed by atoms with E-state index in [0.717, 1.165) is 24.8 Å². The largest absolute Gasteiger partial charge is 0.384 e. The Hall–Kier alpha value is -1.24. The lowest BCUT2D eigenvalue weighted by molar-refractivity contribution is 0.337. The topological polar surface area (TPSA) is 39.1 Å². The summed E-state index contributed by atoms with van der Waals surface area (Å²) in [6, 6.07) is 8.28. The Labute approximate surface area is 107 Å². The van der Waals surface area contributed by atoms with Gasteiger partial charge in [-0.2, -0.15) is 5.26 Å². The van der Waals surface area contributed by atoms with Gasteiger partial charge in [0, 0.05) is 24.8 Å². The third kappa shape index (κ3) is 3.36. The van der Waals surface area contributed by atoms with Crippen molar-refractivity contribution in [2.45, 2.75) is 18.9 Å². The Morgan fingerprint density at radius 1 is 1.53 bits per heavy atom. The second-order valence-corrected chi connectivity index (χ2v) is 4.85. The molecule has 0 unspecified atom stereocenters. The molecule has 17 heavy (non-hydrogen) atoms. The smallest absolute Gasteiger partial charge is 0.101 e. The SMILES string of the molecule is CN(CCNc1ccc(C#N)c(Cl)c1)C1CC1. The Bertz CT molecular complexity index is 435. The van der Waals surface area contributed by atoms with Gasteiger partial charge >= 0.3 is 0 Å². The van der Waals surface area contributed by atoms with Gasteiger partial charge in [0.05, 0.1) is 10.6 Å². The van der Waals surface area contributed by atoms with Gasteiger partial charge in [-0.25, -0.2) is 0 Å². The van der Waals surface area contributed by atoms with E-state index in [2.05, 4.69) is 23.3 Å². The number of anilines is 1. The lowest BCUT2D eigenvalue weighted by Crippen LogP contribution is -2.26. The van der Waals surface area contributed by atoms with Gasteiger partial charge in [0.2, 0.25) is 0 Å². The zero-order chi connectivity index (χ0) is 12.3. The van der Waals surface area contributed by atoms with E-state index in [-0.39, 0.29) is 0 Å². The van der Waals surface area contributed by atoms with E-state index in [1.165, 1.54) is 12.8 Å². The quantitative estimate of drug-likeness (QED) is 0.872. The molecular weight excluding hydrogens is 234 g/mol. The highest BCUT2D eigenvalue weighted by Crippen LogP contribution is 2.25. The van der Waals surface area contributed by atoms with Crippen LogP contribution in [0.1, 0.15) is 18.4 Å². The first-order valence-corrected chi connectivity index (χ1v) is 6.22. The Kier molecular flexibility index (Phi) is 3.88. The van der Waals surface area contributed by atoms with E-state index in [9.17, 15) is 0 Å². The Morgan fingerprint density at radius 3 is 2.88 bits per heavy atom.